The van der Waals surface area contributed by atoms with Crippen molar-refractivity contribution in [1.82, 2.24) is 0 Å². The molecule has 0 unspecified atom stereocenters. The number of hydrogen-bond acceptors (Lipinski definition) is 3. The van der Waals surface area contributed by atoms with E-state index in [4.69, 9.17) is 0 Å². The van der Waals surface area contributed by atoms with E-state index in [2.05, 4.69) is 9.99 Å². The Balaban J connectivity index is 2.38. The molecule has 0 heterocycles. The standard InChI is InChI=1S/C11H13NO2/c1-2-6-11(13)14-12-9-10-7-4-3-5-8-10/h3-5,7-9H,2,6H2,1H3/b12-9-. The summed E-state index contributed by atoms with van der Waals surface area (Å²) in [6.07, 6.45) is 2.71. The zero-order chi connectivity index (χ0) is 10.2. The molecule has 3 nitrogen and oxygen atoms in total. The van der Waals surface area contributed by atoms with E-state index in [0.29, 0.717) is 6.42 Å². The topological polar surface area (TPSA) is 38.7 Å². The summed E-state index contributed by atoms with van der Waals surface area (Å²) in [5, 5.41) is 3.59. The minimum Gasteiger partial charge on any atom is -0.318 e. The minimum atomic E-state index is -0.292. The van der Waals surface area contributed by atoms with Gasteiger partial charge >= 0.3 is 5.97 Å². The van der Waals surface area contributed by atoms with Crippen LogP contribution in [0.1, 0.15) is 25.3 Å². The van der Waals surface area contributed by atoms with Gasteiger partial charge in [-0.3, -0.25) is 0 Å². The summed E-state index contributed by atoms with van der Waals surface area (Å²) < 4.78 is 0. The monoisotopic (exact) mass is 191 g/mol. The minimum absolute atomic E-state index is 0.292. The molecule has 0 aromatic heterocycles. The molecule has 0 saturated carbocycles. The molecule has 74 valence electrons. The van der Waals surface area contributed by atoms with Crippen molar-refractivity contribution >= 4 is 12.2 Å². The van der Waals surface area contributed by atoms with Crippen LogP contribution in [-0.4, -0.2) is 12.2 Å². The zero-order valence-electron chi connectivity index (χ0n) is 8.14. The lowest BCUT2D eigenvalue weighted by Crippen LogP contribution is -1.98. The molecule has 1 rings (SSSR count). The molecule has 0 amide bonds. The first-order chi connectivity index (χ1) is 6.83. The molecule has 0 radical (unpaired) electrons. The van der Waals surface area contributed by atoms with Gasteiger partial charge in [0.2, 0.25) is 0 Å². The lowest BCUT2D eigenvalue weighted by Gasteiger charge is -1.94. The fourth-order valence-corrected chi connectivity index (χ4v) is 0.935. The molecule has 1 aromatic rings. The van der Waals surface area contributed by atoms with Gasteiger partial charge in [-0.2, -0.15) is 0 Å². The third kappa shape index (κ3) is 3.85. The highest BCUT2D eigenvalue weighted by molar-refractivity contribution is 5.79. The smallest absolute Gasteiger partial charge is 0.318 e. The quantitative estimate of drug-likeness (QED) is 0.416. The summed E-state index contributed by atoms with van der Waals surface area (Å²) in [6, 6.07) is 9.49. The Kier molecular flexibility index (Phi) is 4.41. The van der Waals surface area contributed by atoms with E-state index >= 15 is 0 Å². The number of carbonyl (C=O) groups excluding carboxylic acids is 1. The number of hydrogen-bond donors (Lipinski definition) is 0. The van der Waals surface area contributed by atoms with Crippen LogP contribution in [0.3, 0.4) is 0 Å². The molecule has 0 atom stereocenters. The Morgan fingerprint density at radius 2 is 2.14 bits per heavy atom. The Labute approximate surface area is 83.4 Å². The number of carbonyl (C=O) groups is 1. The van der Waals surface area contributed by atoms with Gasteiger partial charge in [0.15, 0.2) is 0 Å². The molecule has 0 saturated heterocycles. The molecule has 0 N–H and O–H groups in total. The van der Waals surface area contributed by atoms with Gasteiger partial charge in [0.25, 0.3) is 0 Å². The van der Waals surface area contributed by atoms with E-state index in [0.717, 1.165) is 12.0 Å². The third-order valence-corrected chi connectivity index (χ3v) is 1.61. The van der Waals surface area contributed by atoms with Crippen LogP contribution in [-0.2, 0) is 9.63 Å². The molecule has 0 spiro atoms. The van der Waals surface area contributed by atoms with Crippen LogP contribution >= 0.6 is 0 Å². The summed E-state index contributed by atoms with van der Waals surface area (Å²) in [4.78, 5) is 15.5. The molecule has 0 aliphatic rings. The fraction of sp³-hybridized carbons (Fsp3) is 0.273. The number of benzene rings is 1. The molecule has 14 heavy (non-hydrogen) atoms. The van der Waals surface area contributed by atoms with Crippen LogP contribution in [0.4, 0.5) is 0 Å². The van der Waals surface area contributed by atoms with Crippen LogP contribution in [0, 0.1) is 0 Å². The largest absolute Gasteiger partial charge is 0.335 e. The Bertz CT molecular complexity index is 306. The molecule has 0 aliphatic heterocycles. The van der Waals surface area contributed by atoms with Crippen molar-refractivity contribution in [1.29, 1.82) is 0 Å². The maximum Gasteiger partial charge on any atom is 0.335 e. The van der Waals surface area contributed by atoms with E-state index in [1.807, 2.05) is 37.3 Å². The Morgan fingerprint density at radius 3 is 2.79 bits per heavy atom. The van der Waals surface area contributed by atoms with Gasteiger partial charge in [0, 0.05) is 6.42 Å². The highest BCUT2D eigenvalue weighted by atomic mass is 16.7. The zero-order valence-corrected chi connectivity index (χ0v) is 8.14. The van der Waals surface area contributed by atoms with E-state index in [9.17, 15) is 4.79 Å². The Morgan fingerprint density at radius 1 is 1.43 bits per heavy atom. The summed E-state index contributed by atoms with van der Waals surface area (Å²) in [6.45, 7) is 1.92. The van der Waals surface area contributed by atoms with Crippen molar-refractivity contribution in [2.24, 2.45) is 5.16 Å². The first kappa shape index (κ1) is 10.4. The van der Waals surface area contributed by atoms with Crippen molar-refractivity contribution in [3.05, 3.63) is 35.9 Å². The molecule has 1 aromatic carbocycles. The summed E-state index contributed by atoms with van der Waals surface area (Å²) in [5.41, 5.74) is 0.914. The fourth-order valence-electron chi connectivity index (χ4n) is 0.935. The second-order valence-corrected chi connectivity index (χ2v) is 2.86. The summed E-state index contributed by atoms with van der Waals surface area (Å²) >= 11 is 0. The lowest BCUT2D eigenvalue weighted by atomic mass is 10.2. The third-order valence-electron chi connectivity index (χ3n) is 1.61. The van der Waals surface area contributed by atoms with E-state index in [1.54, 1.807) is 0 Å². The van der Waals surface area contributed by atoms with Gasteiger partial charge in [-0.25, -0.2) is 4.79 Å². The highest BCUT2D eigenvalue weighted by Crippen LogP contribution is 1.95. The molecular weight excluding hydrogens is 178 g/mol. The predicted octanol–water partition coefficient (Wildman–Crippen LogP) is 2.36. The second kappa shape index (κ2) is 5.91. The van der Waals surface area contributed by atoms with Crippen LogP contribution in [0.25, 0.3) is 0 Å². The molecule has 3 heteroatoms. The second-order valence-electron chi connectivity index (χ2n) is 2.86. The van der Waals surface area contributed by atoms with Gasteiger partial charge < -0.3 is 4.84 Å². The molecule has 0 fully saturated rings. The van der Waals surface area contributed by atoms with Crippen molar-refractivity contribution in [2.45, 2.75) is 19.8 Å². The number of nitrogens with zero attached hydrogens (tertiary/aromatic N) is 1. The van der Waals surface area contributed by atoms with Gasteiger partial charge in [-0.1, -0.05) is 42.4 Å². The van der Waals surface area contributed by atoms with Crippen LogP contribution in [0.2, 0.25) is 0 Å². The van der Waals surface area contributed by atoms with Crippen LogP contribution < -0.4 is 0 Å². The normalized spacial score (nSPS) is 10.4. The molecular formula is C11H13NO2. The Hall–Kier alpha value is -1.64. The molecule has 0 bridgehead atoms. The van der Waals surface area contributed by atoms with Gasteiger partial charge in [0.1, 0.15) is 0 Å². The first-order valence-electron chi connectivity index (χ1n) is 4.61. The maximum atomic E-state index is 10.9. The van der Waals surface area contributed by atoms with Crippen LogP contribution in [0.5, 0.6) is 0 Å². The van der Waals surface area contributed by atoms with Gasteiger partial charge in [0.05, 0.1) is 6.21 Å². The van der Waals surface area contributed by atoms with Gasteiger partial charge in [-0.15, -0.1) is 0 Å². The summed E-state index contributed by atoms with van der Waals surface area (Å²) in [5.74, 6) is -0.292. The van der Waals surface area contributed by atoms with Crippen molar-refractivity contribution in [3.8, 4) is 0 Å². The first-order valence-corrected chi connectivity index (χ1v) is 4.61. The van der Waals surface area contributed by atoms with E-state index in [1.165, 1.54) is 6.21 Å². The number of oxime groups is 1. The molecule has 0 aliphatic carbocycles. The van der Waals surface area contributed by atoms with Crippen LogP contribution in [0.15, 0.2) is 35.5 Å². The lowest BCUT2D eigenvalue weighted by molar-refractivity contribution is -0.143. The summed E-state index contributed by atoms with van der Waals surface area (Å²) in [7, 11) is 0. The maximum absolute atomic E-state index is 10.9. The van der Waals surface area contributed by atoms with Gasteiger partial charge in [-0.05, 0) is 12.0 Å². The SMILES string of the molecule is CCCC(=O)O/N=C\c1ccccc1. The van der Waals surface area contributed by atoms with Crippen molar-refractivity contribution in [3.63, 3.8) is 0 Å². The van der Waals surface area contributed by atoms with Crippen molar-refractivity contribution < 1.29 is 9.63 Å². The van der Waals surface area contributed by atoms with E-state index < -0.39 is 0 Å². The number of rotatable bonds is 4. The average Bonchev–Trinajstić information content (AvgIpc) is 2.20. The average molecular weight is 191 g/mol. The predicted molar refractivity (Wildman–Crippen MR) is 55.0 cm³/mol. The highest BCUT2D eigenvalue weighted by Gasteiger charge is 1.97. The van der Waals surface area contributed by atoms with E-state index in [-0.39, 0.29) is 5.97 Å². The van der Waals surface area contributed by atoms with Crippen molar-refractivity contribution in [2.75, 3.05) is 0 Å².